The SMILES string of the molecule is COc1ccc(N2CC=C[C@]34S[C@H]5C=CCN(C)C(=O)[C@H]5[C@H]3C(=O)N(CCCCCO)C4C2=O)cc1. The van der Waals surface area contributed by atoms with E-state index in [9.17, 15) is 19.5 Å². The quantitative estimate of drug-likeness (QED) is 0.445. The van der Waals surface area contributed by atoms with E-state index in [1.54, 1.807) is 40.6 Å². The fourth-order valence-electron chi connectivity index (χ4n) is 6.07. The number of rotatable bonds is 7. The van der Waals surface area contributed by atoms with Crippen LogP contribution in [0.3, 0.4) is 0 Å². The normalized spacial score (nSPS) is 31.3. The molecule has 5 rings (SSSR count). The summed E-state index contributed by atoms with van der Waals surface area (Å²) in [4.78, 5) is 46.9. The lowest BCUT2D eigenvalue weighted by molar-refractivity contribution is -0.142. The van der Waals surface area contributed by atoms with E-state index in [0.29, 0.717) is 38.2 Å². The Morgan fingerprint density at radius 3 is 2.53 bits per heavy atom. The number of likely N-dealkylation sites (N-methyl/N-ethyl adjacent to an activating group) is 1. The molecule has 192 valence electrons. The predicted octanol–water partition coefficient (Wildman–Crippen LogP) is 2.09. The van der Waals surface area contributed by atoms with Gasteiger partial charge in [-0.1, -0.05) is 24.3 Å². The molecular formula is C27H33N3O5S. The number of hydrogen-bond acceptors (Lipinski definition) is 6. The number of methoxy groups -OCH3 is 1. The van der Waals surface area contributed by atoms with Crippen LogP contribution < -0.4 is 9.64 Å². The molecular weight excluding hydrogens is 478 g/mol. The molecule has 1 aromatic carbocycles. The zero-order valence-electron chi connectivity index (χ0n) is 20.7. The van der Waals surface area contributed by atoms with Gasteiger partial charge in [-0.2, -0.15) is 0 Å². The van der Waals surface area contributed by atoms with E-state index in [-0.39, 0.29) is 29.6 Å². The molecule has 4 heterocycles. The minimum absolute atomic E-state index is 0.0364. The van der Waals surface area contributed by atoms with Gasteiger partial charge in [-0.25, -0.2) is 0 Å². The number of likely N-dealkylation sites (tertiary alicyclic amines) is 1. The van der Waals surface area contributed by atoms with Crippen molar-refractivity contribution in [3.05, 3.63) is 48.6 Å². The van der Waals surface area contributed by atoms with Crippen molar-refractivity contribution >= 4 is 35.2 Å². The summed E-state index contributed by atoms with van der Waals surface area (Å²) in [5.41, 5.74) is 0.742. The Labute approximate surface area is 215 Å². The number of carbonyl (C=O) groups is 3. The van der Waals surface area contributed by atoms with Crippen molar-refractivity contribution in [3.8, 4) is 5.75 Å². The summed E-state index contributed by atoms with van der Waals surface area (Å²) in [6, 6.07) is 6.66. The van der Waals surface area contributed by atoms with E-state index in [4.69, 9.17) is 4.74 Å². The number of fused-ring (bicyclic) bond motifs is 2. The van der Waals surface area contributed by atoms with Crippen molar-refractivity contribution in [1.29, 1.82) is 0 Å². The first-order valence-corrected chi connectivity index (χ1v) is 13.4. The fourth-order valence-corrected chi connectivity index (χ4v) is 8.07. The van der Waals surface area contributed by atoms with Crippen LogP contribution in [0.5, 0.6) is 5.75 Å². The van der Waals surface area contributed by atoms with Gasteiger partial charge in [0.1, 0.15) is 11.8 Å². The minimum atomic E-state index is -0.806. The zero-order chi connectivity index (χ0) is 25.4. The van der Waals surface area contributed by atoms with Gasteiger partial charge in [-0.05, 0) is 43.5 Å². The molecule has 1 spiro atoms. The molecule has 2 fully saturated rings. The van der Waals surface area contributed by atoms with Crippen molar-refractivity contribution in [2.75, 3.05) is 45.3 Å². The van der Waals surface area contributed by atoms with Crippen LogP contribution in [0.4, 0.5) is 5.69 Å². The van der Waals surface area contributed by atoms with Crippen LogP contribution in [-0.4, -0.2) is 89.1 Å². The Balaban J connectivity index is 1.55. The molecule has 0 aliphatic carbocycles. The zero-order valence-corrected chi connectivity index (χ0v) is 21.5. The van der Waals surface area contributed by atoms with E-state index in [0.717, 1.165) is 12.1 Å². The average molecular weight is 512 g/mol. The van der Waals surface area contributed by atoms with Gasteiger partial charge in [0.15, 0.2) is 0 Å². The van der Waals surface area contributed by atoms with Gasteiger partial charge in [0.25, 0.3) is 5.91 Å². The topological polar surface area (TPSA) is 90.4 Å². The second-order valence-electron chi connectivity index (χ2n) is 9.85. The summed E-state index contributed by atoms with van der Waals surface area (Å²) in [6.07, 6.45) is 10.2. The third kappa shape index (κ3) is 3.93. The third-order valence-corrected chi connectivity index (χ3v) is 9.55. The molecule has 0 bridgehead atoms. The smallest absolute Gasteiger partial charge is 0.251 e. The maximum absolute atomic E-state index is 14.3. The standard InChI is InChI=1S/C27H33N3O5S/c1-28-14-6-8-20-21(24(28)32)22-25(33)30(15-4-3-5-17-31)23-26(34)29(16-7-13-27(22,23)36-20)18-9-11-19(35-2)12-10-18/h6-13,20-23,31H,3-5,14-17H2,1-2H3/t20-,21+,22-,23?,27-/m0/s1. The first-order valence-electron chi connectivity index (χ1n) is 12.6. The van der Waals surface area contributed by atoms with E-state index >= 15 is 0 Å². The Morgan fingerprint density at radius 2 is 1.81 bits per heavy atom. The minimum Gasteiger partial charge on any atom is -0.497 e. The van der Waals surface area contributed by atoms with Crippen molar-refractivity contribution in [2.45, 2.75) is 35.3 Å². The van der Waals surface area contributed by atoms with Crippen LogP contribution >= 0.6 is 11.8 Å². The van der Waals surface area contributed by atoms with Crippen LogP contribution in [0.2, 0.25) is 0 Å². The molecule has 3 amide bonds. The lowest BCUT2D eigenvalue weighted by Gasteiger charge is -2.35. The highest BCUT2D eigenvalue weighted by atomic mass is 32.2. The third-order valence-electron chi connectivity index (χ3n) is 7.80. The number of aliphatic hydroxyl groups is 1. The van der Waals surface area contributed by atoms with Crippen molar-refractivity contribution < 1.29 is 24.2 Å². The second kappa shape index (κ2) is 9.94. The molecule has 5 atom stereocenters. The number of thioether (sulfide) groups is 1. The summed E-state index contributed by atoms with van der Waals surface area (Å²) in [5, 5.41) is 9.05. The molecule has 4 aliphatic rings. The van der Waals surface area contributed by atoms with Gasteiger partial charge >= 0.3 is 0 Å². The summed E-state index contributed by atoms with van der Waals surface area (Å²) >= 11 is 1.60. The van der Waals surface area contributed by atoms with Crippen LogP contribution in [0.15, 0.2) is 48.6 Å². The van der Waals surface area contributed by atoms with Crippen molar-refractivity contribution in [2.24, 2.45) is 11.8 Å². The van der Waals surface area contributed by atoms with Crippen molar-refractivity contribution in [1.82, 2.24) is 9.80 Å². The summed E-state index contributed by atoms with van der Waals surface area (Å²) in [7, 11) is 3.37. The van der Waals surface area contributed by atoms with Gasteiger partial charge < -0.3 is 24.5 Å². The number of aliphatic hydroxyl groups excluding tert-OH is 1. The number of benzene rings is 1. The van der Waals surface area contributed by atoms with Crippen LogP contribution in [-0.2, 0) is 14.4 Å². The molecule has 36 heavy (non-hydrogen) atoms. The van der Waals surface area contributed by atoms with Gasteiger partial charge in [0.05, 0.1) is 23.7 Å². The van der Waals surface area contributed by atoms with Crippen LogP contribution in [0.25, 0.3) is 0 Å². The molecule has 0 aromatic heterocycles. The van der Waals surface area contributed by atoms with E-state index < -0.39 is 22.6 Å². The number of amides is 3. The molecule has 0 saturated carbocycles. The Hall–Kier alpha value is -2.78. The number of hydrogen-bond donors (Lipinski definition) is 1. The predicted molar refractivity (Wildman–Crippen MR) is 139 cm³/mol. The average Bonchev–Trinajstić information content (AvgIpc) is 3.20. The summed E-state index contributed by atoms with van der Waals surface area (Å²) in [6.45, 7) is 1.44. The highest BCUT2D eigenvalue weighted by Gasteiger charge is 2.70. The Kier molecular flexibility index (Phi) is 6.87. The van der Waals surface area contributed by atoms with Gasteiger partial charge in [-0.3, -0.25) is 14.4 Å². The maximum atomic E-state index is 14.3. The monoisotopic (exact) mass is 511 g/mol. The molecule has 1 unspecified atom stereocenters. The van der Waals surface area contributed by atoms with Gasteiger partial charge in [-0.15, -0.1) is 11.8 Å². The molecule has 9 heteroatoms. The van der Waals surface area contributed by atoms with Crippen LogP contribution in [0.1, 0.15) is 19.3 Å². The largest absolute Gasteiger partial charge is 0.497 e. The van der Waals surface area contributed by atoms with Crippen molar-refractivity contribution in [3.63, 3.8) is 0 Å². The number of ether oxygens (including phenoxy) is 1. The summed E-state index contributed by atoms with van der Waals surface area (Å²) in [5.74, 6) is -0.668. The molecule has 4 aliphatic heterocycles. The van der Waals surface area contributed by atoms with E-state index in [1.165, 1.54) is 0 Å². The molecule has 2 saturated heterocycles. The Morgan fingerprint density at radius 1 is 1.03 bits per heavy atom. The number of nitrogens with zero attached hydrogens (tertiary/aromatic N) is 3. The maximum Gasteiger partial charge on any atom is 0.251 e. The van der Waals surface area contributed by atoms with Gasteiger partial charge in [0.2, 0.25) is 11.8 Å². The number of carbonyl (C=O) groups excluding carboxylic acids is 3. The molecule has 0 radical (unpaired) electrons. The first kappa shape index (κ1) is 24.9. The highest BCUT2D eigenvalue weighted by Crippen LogP contribution is 2.61. The molecule has 8 nitrogen and oxygen atoms in total. The number of anilines is 1. The Bertz CT molecular complexity index is 1090. The van der Waals surface area contributed by atoms with Crippen LogP contribution in [0, 0.1) is 11.8 Å². The lowest BCUT2D eigenvalue weighted by Crippen LogP contribution is -2.53. The van der Waals surface area contributed by atoms with E-state index in [1.807, 2.05) is 48.6 Å². The number of unbranched alkanes of at least 4 members (excludes halogenated alkanes) is 2. The highest BCUT2D eigenvalue weighted by molar-refractivity contribution is 8.02. The summed E-state index contributed by atoms with van der Waals surface area (Å²) < 4.78 is 4.47. The fraction of sp³-hybridized carbons (Fsp3) is 0.519. The lowest BCUT2D eigenvalue weighted by atomic mass is 9.78. The van der Waals surface area contributed by atoms with Gasteiger partial charge in [0, 0.05) is 44.2 Å². The molecule has 1 N–H and O–H groups in total. The van der Waals surface area contributed by atoms with E-state index in [2.05, 4.69) is 0 Å². The molecule has 1 aromatic rings. The second-order valence-corrected chi connectivity index (χ2v) is 11.3. The first-order chi connectivity index (χ1) is 17.4.